The maximum Gasteiger partial charge on any atom is 0.341 e. The molecule has 0 aliphatic rings. The quantitative estimate of drug-likeness (QED) is 0.0660. The van der Waals surface area contributed by atoms with Gasteiger partial charge in [0, 0.05) is 24.2 Å². The highest BCUT2D eigenvalue weighted by atomic mass is 16.5. The molecule has 0 unspecified atom stereocenters. The second-order valence-electron chi connectivity index (χ2n) is 12.1. The van der Waals surface area contributed by atoms with E-state index in [1.165, 1.54) is 50.6 Å². The van der Waals surface area contributed by atoms with E-state index >= 15 is 0 Å². The molecule has 10 nitrogen and oxygen atoms in total. The highest BCUT2D eigenvalue weighted by molar-refractivity contribution is 6.02. The minimum absolute atomic E-state index is 0.0509. The Labute approximate surface area is 292 Å². The third-order valence-electron chi connectivity index (χ3n) is 8.38. The summed E-state index contributed by atoms with van der Waals surface area (Å²) in [5, 5.41) is 20.1. The van der Waals surface area contributed by atoms with Crippen LogP contribution in [0.15, 0.2) is 97.1 Å². The van der Waals surface area contributed by atoms with Crippen LogP contribution in [-0.4, -0.2) is 83.9 Å². The van der Waals surface area contributed by atoms with Crippen molar-refractivity contribution in [1.82, 2.24) is 9.80 Å². The fourth-order valence-electron chi connectivity index (χ4n) is 5.69. The summed E-state index contributed by atoms with van der Waals surface area (Å²) < 4.78 is 9.47. The summed E-state index contributed by atoms with van der Waals surface area (Å²) in [6, 6.07) is 28.2. The molecule has 4 aromatic carbocycles. The lowest BCUT2D eigenvalue weighted by Gasteiger charge is -2.23. The first-order chi connectivity index (χ1) is 24.2. The number of benzene rings is 4. The fraction of sp³-hybridized carbons (Fsp3) is 0.300. The molecule has 0 bridgehead atoms. The van der Waals surface area contributed by atoms with Crippen LogP contribution in [0.5, 0.6) is 11.5 Å². The SMILES string of the molecule is COC(=O)c1cc(C(=O)CN(CCCCCCN(CC(=O)c2ccc(O)c(C(=O)OC)c2)Cc2ccccc2)Cc2ccccc2)ccc1O. The van der Waals surface area contributed by atoms with Crippen LogP contribution < -0.4 is 0 Å². The van der Waals surface area contributed by atoms with Crippen molar-refractivity contribution in [1.29, 1.82) is 0 Å². The molecule has 0 spiro atoms. The Hall–Kier alpha value is -5.32. The molecule has 0 saturated carbocycles. The summed E-state index contributed by atoms with van der Waals surface area (Å²) in [4.78, 5) is 54.9. The lowest BCUT2D eigenvalue weighted by Crippen LogP contribution is -2.31. The maximum atomic E-state index is 13.3. The van der Waals surface area contributed by atoms with Gasteiger partial charge in [-0.15, -0.1) is 0 Å². The van der Waals surface area contributed by atoms with Crippen molar-refractivity contribution in [3.8, 4) is 11.5 Å². The Balaban J connectivity index is 1.35. The van der Waals surface area contributed by atoms with Gasteiger partial charge in [-0.25, -0.2) is 9.59 Å². The number of hydrogen-bond donors (Lipinski definition) is 2. The molecule has 0 heterocycles. The Bertz CT molecular complexity index is 1610. The zero-order valence-corrected chi connectivity index (χ0v) is 28.5. The number of hydrogen-bond acceptors (Lipinski definition) is 10. The van der Waals surface area contributed by atoms with Crippen molar-refractivity contribution in [3.05, 3.63) is 130 Å². The van der Waals surface area contributed by atoms with Gasteiger partial charge in [-0.3, -0.25) is 19.4 Å². The zero-order chi connectivity index (χ0) is 35.9. The van der Waals surface area contributed by atoms with Crippen molar-refractivity contribution < 1.29 is 38.9 Å². The smallest absolute Gasteiger partial charge is 0.341 e. The number of methoxy groups -OCH3 is 2. The molecule has 0 aliphatic heterocycles. The molecule has 0 fully saturated rings. The van der Waals surface area contributed by atoms with Crippen LogP contribution in [-0.2, 0) is 22.6 Å². The number of Topliss-reactive ketones (excluding diaryl/α,β-unsaturated/α-hetero) is 2. The number of phenolic OH excluding ortho intramolecular Hbond substituents is 2. The minimum Gasteiger partial charge on any atom is -0.507 e. The van der Waals surface area contributed by atoms with Crippen molar-refractivity contribution in [2.24, 2.45) is 0 Å². The van der Waals surface area contributed by atoms with Crippen LogP contribution in [0, 0.1) is 0 Å². The molecule has 0 aromatic heterocycles. The Morgan fingerprint density at radius 2 is 0.920 bits per heavy atom. The van der Waals surface area contributed by atoms with Gasteiger partial charge in [0.1, 0.15) is 22.6 Å². The predicted octanol–water partition coefficient (Wildman–Crippen LogP) is 6.30. The summed E-state index contributed by atoms with van der Waals surface area (Å²) in [7, 11) is 2.44. The van der Waals surface area contributed by atoms with E-state index in [-0.39, 0.29) is 47.3 Å². The van der Waals surface area contributed by atoms with Gasteiger partial charge in [-0.05, 0) is 73.5 Å². The second kappa shape index (κ2) is 19.0. The van der Waals surface area contributed by atoms with E-state index in [2.05, 4.69) is 9.80 Å². The first-order valence-electron chi connectivity index (χ1n) is 16.6. The van der Waals surface area contributed by atoms with Gasteiger partial charge in [-0.1, -0.05) is 73.5 Å². The highest BCUT2D eigenvalue weighted by Gasteiger charge is 2.20. The van der Waals surface area contributed by atoms with Crippen LogP contribution in [0.1, 0.15) is 78.2 Å². The average Bonchev–Trinajstić information content (AvgIpc) is 3.13. The van der Waals surface area contributed by atoms with Crippen molar-refractivity contribution in [2.45, 2.75) is 38.8 Å². The number of carbonyl (C=O) groups excluding carboxylic acids is 4. The van der Waals surface area contributed by atoms with E-state index in [1.807, 2.05) is 60.7 Å². The number of esters is 2. The van der Waals surface area contributed by atoms with Crippen molar-refractivity contribution in [2.75, 3.05) is 40.4 Å². The van der Waals surface area contributed by atoms with Crippen molar-refractivity contribution in [3.63, 3.8) is 0 Å². The Morgan fingerprint density at radius 1 is 0.540 bits per heavy atom. The monoisotopic (exact) mass is 680 g/mol. The molecule has 262 valence electrons. The van der Waals surface area contributed by atoms with Gasteiger partial charge in [-0.2, -0.15) is 0 Å². The molecule has 4 rings (SSSR count). The number of ketones is 2. The molecule has 50 heavy (non-hydrogen) atoms. The zero-order valence-electron chi connectivity index (χ0n) is 28.5. The molecule has 4 aromatic rings. The standard InChI is InChI=1S/C40H44N2O8/c1-49-39(47)33-23-31(17-19-35(33)43)37(45)27-41(25-29-13-7-5-8-14-29)21-11-3-4-12-22-42(26-30-15-9-6-10-16-30)28-38(46)32-18-20-36(44)34(24-32)40(48)50-2/h5-10,13-20,23-24,43-44H,3-4,11-12,21-22,25-28H2,1-2H3. The van der Waals surface area contributed by atoms with Crippen LogP contribution in [0.2, 0.25) is 0 Å². The fourth-order valence-corrected chi connectivity index (χ4v) is 5.69. The van der Waals surface area contributed by atoms with Gasteiger partial charge in [0.15, 0.2) is 11.6 Å². The summed E-state index contributed by atoms with van der Waals surface area (Å²) in [6.45, 7) is 2.80. The molecule has 0 amide bonds. The first-order valence-corrected chi connectivity index (χ1v) is 16.6. The number of unbranched alkanes of at least 4 members (excludes halogenated alkanes) is 3. The summed E-state index contributed by atoms with van der Waals surface area (Å²) in [5.41, 5.74) is 2.70. The van der Waals surface area contributed by atoms with Crippen LogP contribution >= 0.6 is 0 Å². The molecule has 0 atom stereocenters. The first kappa shape index (κ1) is 37.5. The molecular weight excluding hydrogens is 636 g/mol. The van der Waals surface area contributed by atoms with Crippen LogP contribution in [0.25, 0.3) is 0 Å². The van der Waals surface area contributed by atoms with Crippen LogP contribution in [0.3, 0.4) is 0 Å². The van der Waals surface area contributed by atoms with Gasteiger partial charge in [0.05, 0.1) is 27.3 Å². The van der Waals surface area contributed by atoms with Gasteiger partial charge < -0.3 is 19.7 Å². The lowest BCUT2D eigenvalue weighted by molar-refractivity contribution is 0.0588. The largest absolute Gasteiger partial charge is 0.507 e. The van der Waals surface area contributed by atoms with E-state index in [0.29, 0.717) is 37.3 Å². The van der Waals surface area contributed by atoms with E-state index < -0.39 is 11.9 Å². The Kier molecular flexibility index (Phi) is 14.3. The topological polar surface area (TPSA) is 134 Å². The van der Waals surface area contributed by atoms with E-state index in [9.17, 15) is 29.4 Å². The van der Waals surface area contributed by atoms with Crippen LogP contribution in [0.4, 0.5) is 0 Å². The predicted molar refractivity (Wildman–Crippen MR) is 189 cm³/mol. The van der Waals surface area contributed by atoms with E-state index in [1.54, 1.807) is 0 Å². The molecule has 2 N–H and O–H groups in total. The normalized spacial score (nSPS) is 11.0. The third-order valence-corrected chi connectivity index (χ3v) is 8.38. The molecule has 0 radical (unpaired) electrons. The molecule has 0 aliphatic carbocycles. The van der Waals surface area contributed by atoms with E-state index in [4.69, 9.17) is 9.47 Å². The number of rotatable bonds is 19. The van der Waals surface area contributed by atoms with Gasteiger partial charge in [0.2, 0.25) is 0 Å². The summed E-state index contributed by atoms with van der Waals surface area (Å²) >= 11 is 0. The minimum atomic E-state index is -0.710. The molecule has 0 saturated heterocycles. The number of nitrogens with zero attached hydrogens (tertiary/aromatic N) is 2. The number of phenols is 2. The summed E-state index contributed by atoms with van der Waals surface area (Å²) in [6.07, 6.45) is 3.53. The van der Waals surface area contributed by atoms with Gasteiger partial charge >= 0.3 is 11.9 Å². The van der Waals surface area contributed by atoms with Crippen molar-refractivity contribution >= 4 is 23.5 Å². The number of ether oxygens (including phenoxy) is 2. The highest BCUT2D eigenvalue weighted by Crippen LogP contribution is 2.22. The second-order valence-corrected chi connectivity index (χ2v) is 12.1. The number of aromatic hydroxyl groups is 2. The lowest BCUT2D eigenvalue weighted by atomic mass is 10.0. The maximum absolute atomic E-state index is 13.3. The third kappa shape index (κ3) is 11.1. The summed E-state index contributed by atoms with van der Waals surface area (Å²) in [5.74, 6) is -2.24. The average molecular weight is 681 g/mol. The van der Waals surface area contributed by atoms with E-state index in [0.717, 1.165) is 36.8 Å². The number of carbonyl (C=O) groups is 4. The molecule has 10 heteroatoms. The van der Waals surface area contributed by atoms with Gasteiger partial charge in [0.25, 0.3) is 0 Å². The Morgan fingerprint density at radius 3 is 1.28 bits per heavy atom. The molecular formula is C40H44N2O8.